The van der Waals surface area contributed by atoms with Crippen LogP contribution in [-0.4, -0.2) is 68.4 Å². The Hall–Kier alpha value is -2.64. The number of halogens is 2. The van der Waals surface area contributed by atoms with Crippen LogP contribution in [0.15, 0.2) is 58.0 Å². The molecule has 0 saturated carbocycles. The van der Waals surface area contributed by atoms with Crippen molar-refractivity contribution in [3.63, 3.8) is 0 Å². The van der Waals surface area contributed by atoms with Gasteiger partial charge in [0.1, 0.15) is 5.75 Å². The van der Waals surface area contributed by atoms with Crippen molar-refractivity contribution >= 4 is 41.0 Å². The first-order chi connectivity index (χ1) is 16.3. The summed E-state index contributed by atoms with van der Waals surface area (Å²) in [4.78, 5) is 15.4. The SMILES string of the molecule is CCN(/N=C/C1=CCNC=C1)/C(C)=C(\C)Cl.COc1cc(N2CCN(C(C)=O)CC2)ccc1Cl. The van der Waals surface area contributed by atoms with Crippen LogP contribution in [0.3, 0.4) is 0 Å². The largest absolute Gasteiger partial charge is 0.495 e. The molecule has 186 valence electrons. The lowest BCUT2D eigenvalue weighted by Crippen LogP contribution is -2.48. The van der Waals surface area contributed by atoms with Gasteiger partial charge in [0.25, 0.3) is 0 Å². The topological polar surface area (TPSA) is 60.4 Å². The van der Waals surface area contributed by atoms with E-state index in [2.05, 4.69) is 21.4 Å². The highest BCUT2D eigenvalue weighted by atomic mass is 35.5. The molecule has 1 fully saturated rings. The number of ether oxygens (including phenoxy) is 1. The summed E-state index contributed by atoms with van der Waals surface area (Å²) >= 11 is 12.0. The molecule has 1 aromatic rings. The fraction of sp³-hybridized carbons (Fsp3) is 0.440. The summed E-state index contributed by atoms with van der Waals surface area (Å²) in [6.07, 6.45) is 7.86. The van der Waals surface area contributed by atoms with E-state index in [-0.39, 0.29) is 5.91 Å². The molecule has 1 saturated heterocycles. The van der Waals surface area contributed by atoms with Gasteiger partial charge in [-0.3, -0.25) is 9.80 Å². The van der Waals surface area contributed by atoms with Gasteiger partial charge in [-0.2, -0.15) is 5.10 Å². The van der Waals surface area contributed by atoms with E-state index in [1.807, 2.05) is 67.4 Å². The number of rotatable bonds is 6. The summed E-state index contributed by atoms with van der Waals surface area (Å²) < 4.78 is 5.21. The monoisotopic (exact) mass is 507 g/mol. The lowest BCUT2D eigenvalue weighted by atomic mass is 10.2. The molecule has 0 radical (unpaired) electrons. The lowest BCUT2D eigenvalue weighted by Gasteiger charge is -2.35. The van der Waals surface area contributed by atoms with Crippen LogP contribution < -0.4 is 15.0 Å². The van der Waals surface area contributed by atoms with Crippen molar-refractivity contribution in [3.8, 4) is 5.75 Å². The minimum Gasteiger partial charge on any atom is -0.495 e. The van der Waals surface area contributed by atoms with Gasteiger partial charge >= 0.3 is 0 Å². The average molecular weight is 508 g/mol. The van der Waals surface area contributed by atoms with Gasteiger partial charge in [0.2, 0.25) is 5.91 Å². The van der Waals surface area contributed by atoms with Crippen LogP contribution in [0.2, 0.25) is 5.02 Å². The molecule has 34 heavy (non-hydrogen) atoms. The smallest absolute Gasteiger partial charge is 0.219 e. The normalized spacial score (nSPS) is 16.3. The number of hydrogen-bond donors (Lipinski definition) is 1. The van der Waals surface area contributed by atoms with Crippen molar-refractivity contribution in [2.24, 2.45) is 5.10 Å². The van der Waals surface area contributed by atoms with Crippen LogP contribution in [-0.2, 0) is 4.79 Å². The third-order valence-electron chi connectivity index (χ3n) is 5.61. The van der Waals surface area contributed by atoms with Crippen LogP contribution >= 0.6 is 23.2 Å². The number of carbonyl (C=O) groups excluding carboxylic acids is 1. The van der Waals surface area contributed by atoms with Gasteiger partial charge in [0, 0.05) is 68.7 Å². The maximum absolute atomic E-state index is 11.3. The lowest BCUT2D eigenvalue weighted by molar-refractivity contribution is -0.129. The third-order valence-corrected chi connectivity index (χ3v) is 6.19. The summed E-state index contributed by atoms with van der Waals surface area (Å²) in [7, 11) is 1.61. The fourth-order valence-corrected chi connectivity index (χ4v) is 3.70. The number of carbonyl (C=O) groups is 1. The van der Waals surface area contributed by atoms with Crippen LogP contribution in [0.4, 0.5) is 5.69 Å². The summed E-state index contributed by atoms with van der Waals surface area (Å²) in [5.74, 6) is 0.825. The highest BCUT2D eigenvalue weighted by Crippen LogP contribution is 2.29. The van der Waals surface area contributed by atoms with E-state index in [0.29, 0.717) is 10.8 Å². The van der Waals surface area contributed by atoms with Crippen molar-refractivity contribution < 1.29 is 9.53 Å². The van der Waals surface area contributed by atoms with Gasteiger partial charge < -0.3 is 19.9 Å². The molecule has 0 aromatic heterocycles. The van der Waals surface area contributed by atoms with Gasteiger partial charge in [-0.15, -0.1) is 0 Å². The van der Waals surface area contributed by atoms with Gasteiger partial charge in [0.05, 0.1) is 18.3 Å². The van der Waals surface area contributed by atoms with Crippen molar-refractivity contribution in [1.29, 1.82) is 0 Å². The average Bonchev–Trinajstić information content (AvgIpc) is 2.85. The number of amides is 1. The quantitative estimate of drug-likeness (QED) is 0.440. The first-order valence-corrected chi connectivity index (χ1v) is 12.1. The molecular weight excluding hydrogens is 473 g/mol. The molecule has 1 amide bonds. The number of hydrazone groups is 1. The Morgan fingerprint density at radius 2 is 1.94 bits per heavy atom. The van der Waals surface area contributed by atoms with Crippen LogP contribution in [0.25, 0.3) is 0 Å². The van der Waals surface area contributed by atoms with Gasteiger partial charge in [-0.1, -0.05) is 29.3 Å². The molecule has 2 heterocycles. The van der Waals surface area contributed by atoms with E-state index in [0.717, 1.165) is 61.3 Å². The number of dihydropyridines is 1. The highest BCUT2D eigenvalue weighted by molar-refractivity contribution is 6.32. The third kappa shape index (κ3) is 8.29. The molecule has 0 aliphatic carbocycles. The highest BCUT2D eigenvalue weighted by Gasteiger charge is 2.19. The van der Waals surface area contributed by atoms with Crippen molar-refractivity contribution in [3.05, 3.63) is 57.9 Å². The predicted octanol–water partition coefficient (Wildman–Crippen LogP) is 4.84. The molecule has 9 heteroatoms. The molecule has 1 aromatic carbocycles. The molecule has 7 nitrogen and oxygen atoms in total. The number of anilines is 1. The minimum atomic E-state index is 0.142. The van der Waals surface area contributed by atoms with Crippen LogP contribution in [0.5, 0.6) is 5.75 Å². The second-order valence-corrected chi connectivity index (χ2v) is 8.81. The molecule has 0 unspecified atom stereocenters. The number of nitrogens with one attached hydrogen (secondary N) is 1. The van der Waals surface area contributed by atoms with E-state index in [4.69, 9.17) is 27.9 Å². The van der Waals surface area contributed by atoms with E-state index >= 15 is 0 Å². The Kier molecular flexibility index (Phi) is 11.3. The van der Waals surface area contributed by atoms with Gasteiger partial charge in [-0.25, -0.2) is 0 Å². The summed E-state index contributed by atoms with van der Waals surface area (Å²) in [5.41, 5.74) is 3.18. The zero-order valence-corrected chi connectivity index (χ0v) is 22.2. The molecule has 2 aliphatic heterocycles. The van der Waals surface area contributed by atoms with E-state index in [1.54, 1.807) is 14.0 Å². The standard InChI is InChI=1S/C13H17ClN2O2.C12H18ClN3/c1-10(17)15-5-7-16(8-6-15)11-3-4-12(14)13(9-11)18-2;1-4-16(11(3)10(2)13)15-9-12-5-7-14-8-6-12/h3-4,9H,5-8H2,1-2H3;5-7,9,14H,4,8H2,1-3H3/b;11-10+,15-9+. The second-order valence-electron chi connectivity index (χ2n) is 7.84. The molecule has 0 atom stereocenters. The molecule has 2 aliphatic rings. The first-order valence-electron chi connectivity index (χ1n) is 11.3. The van der Waals surface area contributed by atoms with Crippen molar-refractivity contribution in [2.45, 2.75) is 27.7 Å². The number of methoxy groups -OCH3 is 1. The summed E-state index contributed by atoms with van der Waals surface area (Å²) in [6, 6.07) is 5.76. The van der Waals surface area contributed by atoms with E-state index in [1.165, 1.54) is 0 Å². The Labute approximate surface area is 213 Å². The van der Waals surface area contributed by atoms with Gasteiger partial charge in [-0.05, 0) is 50.8 Å². The summed E-state index contributed by atoms with van der Waals surface area (Å²) in [5, 5.41) is 10.8. The molecule has 3 rings (SSSR count). The van der Waals surface area contributed by atoms with E-state index in [9.17, 15) is 4.79 Å². The maximum atomic E-state index is 11.3. The molecule has 0 bridgehead atoms. The Bertz CT molecular complexity index is 947. The van der Waals surface area contributed by atoms with Crippen molar-refractivity contribution in [2.75, 3.05) is 51.3 Å². The number of benzene rings is 1. The Balaban J connectivity index is 0.000000242. The molecular formula is C25H35Cl2N5O2. The summed E-state index contributed by atoms with van der Waals surface area (Å²) in [6.45, 7) is 12.4. The zero-order valence-electron chi connectivity index (χ0n) is 20.6. The maximum Gasteiger partial charge on any atom is 0.219 e. The van der Waals surface area contributed by atoms with Crippen LogP contribution in [0.1, 0.15) is 27.7 Å². The first kappa shape index (κ1) is 27.6. The zero-order chi connectivity index (χ0) is 25.1. The Morgan fingerprint density at radius 1 is 1.24 bits per heavy atom. The van der Waals surface area contributed by atoms with Gasteiger partial charge in [0.15, 0.2) is 0 Å². The molecule has 1 N–H and O–H groups in total. The number of nitrogens with zero attached hydrogens (tertiary/aromatic N) is 4. The van der Waals surface area contributed by atoms with E-state index < -0.39 is 0 Å². The van der Waals surface area contributed by atoms with Crippen LogP contribution in [0, 0.1) is 0 Å². The Morgan fingerprint density at radius 3 is 2.47 bits per heavy atom. The second kappa shape index (κ2) is 13.9. The number of allylic oxidation sites excluding steroid dienone is 4. The van der Waals surface area contributed by atoms with Crippen molar-refractivity contribution in [1.82, 2.24) is 15.2 Å². The predicted molar refractivity (Wildman–Crippen MR) is 143 cm³/mol. The number of hydrogen-bond acceptors (Lipinski definition) is 6. The number of piperazine rings is 1. The molecule has 0 spiro atoms. The minimum absolute atomic E-state index is 0.142. The fourth-order valence-electron chi connectivity index (χ4n) is 3.41.